The standard InChI is InChI=1S/C16H20ClNO/c17-14-6-4-12(5-7-14)16(19)13-8-10-18-9-2-1-3-15(18)11-13/h4-7,13,15H,1-3,8-11H2/t13-,15-/m1/s1. The number of nitrogens with zero attached hydrogens (tertiary/aromatic N) is 1. The molecule has 3 rings (SSSR count). The molecule has 19 heavy (non-hydrogen) atoms. The van der Waals surface area contributed by atoms with Crippen molar-refractivity contribution >= 4 is 17.4 Å². The SMILES string of the molecule is O=C(c1ccc(Cl)cc1)[C@@H]1CCN2CCCC[C@@H]2C1. The monoisotopic (exact) mass is 277 g/mol. The lowest BCUT2D eigenvalue weighted by Gasteiger charge is -2.42. The van der Waals surface area contributed by atoms with Crippen LogP contribution in [0.1, 0.15) is 42.5 Å². The van der Waals surface area contributed by atoms with Gasteiger partial charge in [-0.1, -0.05) is 18.0 Å². The highest BCUT2D eigenvalue weighted by molar-refractivity contribution is 6.30. The molecular formula is C16H20ClNO. The molecule has 0 spiro atoms. The number of benzene rings is 1. The Balaban J connectivity index is 1.69. The van der Waals surface area contributed by atoms with E-state index < -0.39 is 0 Å². The minimum absolute atomic E-state index is 0.209. The molecule has 2 heterocycles. The molecule has 2 nitrogen and oxygen atoms in total. The van der Waals surface area contributed by atoms with E-state index in [1.807, 2.05) is 24.3 Å². The third-order valence-electron chi connectivity index (χ3n) is 4.57. The Kier molecular flexibility index (Phi) is 3.90. The average molecular weight is 278 g/mol. The number of hydrogen-bond donors (Lipinski definition) is 0. The van der Waals surface area contributed by atoms with Crippen LogP contribution in [0.25, 0.3) is 0 Å². The van der Waals surface area contributed by atoms with Gasteiger partial charge in [0, 0.05) is 22.5 Å². The van der Waals surface area contributed by atoms with Crippen molar-refractivity contribution in [2.24, 2.45) is 5.92 Å². The highest BCUT2D eigenvalue weighted by atomic mass is 35.5. The van der Waals surface area contributed by atoms with Crippen LogP contribution in [0, 0.1) is 5.92 Å². The van der Waals surface area contributed by atoms with Gasteiger partial charge in [-0.15, -0.1) is 0 Å². The summed E-state index contributed by atoms with van der Waals surface area (Å²) in [5.41, 5.74) is 0.818. The molecular weight excluding hydrogens is 258 g/mol. The summed E-state index contributed by atoms with van der Waals surface area (Å²) in [5, 5.41) is 0.693. The van der Waals surface area contributed by atoms with E-state index in [1.165, 1.54) is 25.8 Å². The van der Waals surface area contributed by atoms with E-state index >= 15 is 0 Å². The lowest BCUT2D eigenvalue weighted by molar-refractivity contribution is 0.0615. The number of ketones is 1. The molecule has 2 aliphatic heterocycles. The first kappa shape index (κ1) is 13.1. The highest BCUT2D eigenvalue weighted by Gasteiger charge is 2.33. The van der Waals surface area contributed by atoms with Gasteiger partial charge in [-0.25, -0.2) is 0 Å². The molecule has 2 aliphatic rings. The van der Waals surface area contributed by atoms with Gasteiger partial charge in [0.1, 0.15) is 0 Å². The third-order valence-corrected chi connectivity index (χ3v) is 4.82. The molecule has 1 aromatic rings. The zero-order valence-corrected chi connectivity index (χ0v) is 11.9. The van der Waals surface area contributed by atoms with Gasteiger partial charge in [-0.2, -0.15) is 0 Å². The highest BCUT2D eigenvalue weighted by Crippen LogP contribution is 2.31. The minimum Gasteiger partial charge on any atom is -0.300 e. The van der Waals surface area contributed by atoms with E-state index in [9.17, 15) is 4.79 Å². The molecule has 0 radical (unpaired) electrons. The number of carbonyl (C=O) groups excluding carboxylic acids is 1. The fraction of sp³-hybridized carbons (Fsp3) is 0.562. The van der Waals surface area contributed by atoms with Crippen molar-refractivity contribution in [1.82, 2.24) is 4.90 Å². The van der Waals surface area contributed by atoms with Crippen LogP contribution in [0.3, 0.4) is 0 Å². The second kappa shape index (κ2) is 5.64. The van der Waals surface area contributed by atoms with Gasteiger partial charge in [0.25, 0.3) is 0 Å². The van der Waals surface area contributed by atoms with Crippen molar-refractivity contribution in [2.45, 2.75) is 38.1 Å². The fourth-order valence-corrected chi connectivity index (χ4v) is 3.60. The summed E-state index contributed by atoms with van der Waals surface area (Å²) in [4.78, 5) is 15.1. The van der Waals surface area contributed by atoms with E-state index in [4.69, 9.17) is 11.6 Å². The predicted molar refractivity (Wildman–Crippen MR) is 77.7 cm³/mol. The molecule has 0 aromatic heterocycles. The smallest absolute Gasteiger partial charge is 0.166 e. The topological polar surface area (TPSA) is 20.3 Å². The van der Waals surface area contributed by atoms with Crippen molar-refractivity contribution in [2.75, 3.05) is 13.1 Å². The Morgan fingerprint density at radius 3 is 2.68 bits per heavy atom. The molecule has 0 unspecified atom stereocenters. The number of carbonyl (C=O) groups is 1. The van der Waals surface area contributed by atoms with Crippen LogP contribution in [0.2, 0.25) is 5.02 Å². The molecule has 2 saturated heterocycles. The summed E-state index contributed by atoms with van der Waals surface area (Å²) < 4.78 is 0. The Bertz CT molecular complexity index is 456. The van der Waals surface area contributed by atoms with E-state index in [0.29, 0.717) is 16.8 Å². The van der Waals surface area contributed by atoms with Crippen molar-refractivity contribution < 1.29 is 4.79 Å². The van der Waals surface area contributed by atoms with Crippen LogP contribution < -0.4 is 0 Å². The van der Waals surface area contributed by atoms with E-state index in [0.717, 1.165) is 24.9 Å². The Morgan fingerprint density at radius 1 is 1.11 bits per heavy atom. The van der Waals surface area contributed by atoms with Gasteiger partial charge in [0.15, 0.2) is 5.78 Å². The molecule has 0 saturated carbocycles. The molecule has 1 aromatic carbocycles. The Labute approximate surface area is 119 Å². The summed E-state index contributed by atoms with van der Waals surface area (Å²) >= 11 is 5.88. The maximum Gasteiger partial charge on any atom is 0.166 e. The molecule has 0 aliphatic carbocycles. The zero-order chi connectivity index (χ0) is 13.2. The Hall–Kier alpha value is -0.860. The van der Waals surface area contributed by atoms with Crippen molar-refractivity contribution in [3.63, 3.8) is 0 Å². The third kappa shape index (κ3) is 2.85. The second-order valence-electron chi connectivity index (χ2n) is 5.78. The first-order chi connectivity index (χ1) is 9.24. The predicted octanol–water partition coefficient (Wildman–Crippen LogP) is 3.79. The molecule has 0 bridgehead atoms. The zero-order valence-electron chi connectivity index (χ0n) is 11.1. The largest absolute Gasteiger partial charge is 0.300 e. The van der Waals surface area contributed by atoms with Crippen LogP contribution in [0.4, 0.5) is 0 Å². The summed E-state index contributed by atoms with van der Waals surface area (Å²) in [5.74, 6) is 0.516. The summed E-state index contributed by atoms with van der Waals surface area (Å²) in [6.07, 6.45) is 5.97. The normalized spacial score (nSPS) is 27.8. The van der Waals surface area contributed by atoms with Crippen LogP contribution >= 0.6 is 11.6 Å². The van der Waals surface area contributed by atoms with E-state index in [2.05, 4.69) is 4.90 Å². The van der Waals surface area contributed by atoms with Crippen LogP contribution in [0.5, 0.6) is 0 Å². The van der Waals surface area contributed by atoms with Gasteiger partial charge in [0.2, 0.25) is 0 Å². The van der Waals surface area contributed by atoms with Crippen LogP contribution in [-0.4, -0.2) is 29.8 Å². The lowest BCUT2D eigenvalue weighted by atomic mass is 9.82. The van der Waals surface area contributed by atoms with Gasteiger partial charge in [-0.3, -0.25) is 4.79 Å². The van der Waals surface area contributed by atoms with Gasteiger partial charge < -0.3 is 4.90 Å². The first-order valence-electron chi connectivity index (χ1n) is 7.28. The second-order valence-corrected chi connectivity index (χ2v) is 6.21. The maximum absolute atomic E-state index is 12.5. The number of rotatable bonds is 2. The van der Waals surface area contributed by atoms with Crippen molar-refractivity contribution in [1.29, 1.82) is 0 Å². The summed E-state index contributed by atoms with van der Waals surface area (Å²) in [6.45, 7) is 2.32. The van der Waals surface area contributed by atoms with E-state index in [1.54, 1.807) is 0 Å². The number of Topliss-reactive ketones (excluding diaryl/α,β-unsaturated/α-hetero) is 1. The molecule has 102 valence electrons. The first-order valence-corrected chi connectivity index (χ1v) is 7.65. The van der Waals surface area contributed by atoms with Gasteiger partial charge >= 0.3 is 0 Å². The summed E-state index contributed by atoms with van der Waals surface area (Å²) in [6, 6.07) is 7.98. The minimum atomic E-state index is 0.209. The van der Waals surface area contributed by atoms with Crippen LogP contribution in [0.15, 0.2) is 24.3 Å². The molecule has 2 fully saturated rings. The lowest BCUT2D eigenvalue weighted by Crippen LogP contribution is -2.46. The van der Waals surface area contributed by atoms with Gasteiger partial charge in [0.05, 0.1) is 0 Å². The summed E-state index contributed by atoms with van der Waals surface area (Å²) in [7, 11) is 0. The van der Waals surface area contributed by atoms with Gasteiger partial charge in [-0.05, 0) is 63.0 Å². The maximum atomic E-state index is 12.5. The molecule has 0 amide bonds. The average Bonchev–Trinajstić information content (AvgIpc) is 2.47. The van der Waals surface area contributed by atoms with Crippen LogP contribution in [-0.2, 0) is 0 Å². The number of piperidine rings is 2. The quantitative estimate of drug-likeness (QED) is 0.767. The fourth-order valence-electron chi connectivity index (χ4n) is 3.48. The number of fused-ring (bicyclic) bond motifs is 1. The van der Waals surface area contributed by atoms with Crippen molar-refractivity contribution in [3.8, 4) is 0 Å². The Morgan fingerprint density at radius 2 is 1.89 bits per heavy atom. The number of hydrogen-bond acceptors (Lipinski definition) is 2. The molecule has 3 heteroatoms. The van der Waals surface area contributed by atoms with Crippen molar-refractivity contribution in [3.05, 3.63) is 34.9 Å². The molecule has 0 N–H and O–H groups in total. The van der Waals surface area contributed by atoms with E-state index in [-0.39, 0.29) is 5.92 Å². The number of halogens is 1. The molecule has 2 atom stereocenters.